The average molecular weight is 334 g/mol. The minimum Gasteiger partial charge on any atom is -0.444 e. The first-order valence-corrected chi connectivity index (χ1v) is 9.94. The number of nitrogens with one attached hydrogen (secondary N) is 2. The van der Waals surface area contributed by atoms with E-state index in [0.29, 0.717) is 0 Å². The summed E-state index contributed by atoms with van der Waals surface area (Å²) in [7, 11) is -2.98. The van der Waals surface area contributed by atoms with Crippen LogP contribution in [0.5, 0.6) is 0 Å². The standard InChI is InChI=1S/C15H30N2O4S/c1-11(10-22(5,19)20)16-12-7-6-8-13(9-12)17-14(18)21-15(2,3)4/h11-13,16H,6-10H2,1-5H3,(H,17,18). The van der Waals surface area contributed by atoms with Crippen molar-refractivity contribution in [3.8, 4) is 0 Å². The third kappa shape index (κ3) is 8.58. The van der Waals surface area contributed by atoms with Gasteiger partial charge >= 0.3 is 6.09 Å². The average Bonchev–Trinajstić information content (AvgIpc) is 2.22. The van der Waals surface area contributed by atoms with Gasteiger partial charge in [0.05, 0.1) is 5.75 Å². The van der Waals surface area contributed by atoms with Crippen molar-refractivity contribution < 1.29 is 17.9 Å². The predicted octanol–water partition coefficient (Wildman–Crippen LogP) is 1.84. The van der Waals surface area contributed by atoms with Gasteiger partial charge in [-0.15, -0.1) is 0 Å². The molecule has 130 valence electrons. The summed E-state index contributed by atoms with van der Waals surface area (Å²) in [6.07, 6.45) is 4.59. The van der Waals surface area contributed by atoms with Crippen molar-refractivity contribution in [2.75, 3.05) is 12.0 Å². The van der Waals surface area contributed by atoms with Crippen molar-refractivity contribution in [3.63, 3.8) is 0 Å². The molecule has 3 atom stereocenters. The summed E-state index contributed by atoms with van der Waals surface area (Å²) in [5, 5.41) is 6.26. The SMILES string of the molecule is CC(CS(C)(=O)=O)NC1CCCC(NC(=O)OC(C)(C)C)C1. The molecule has 3 unspecified atom stereocenters. The summed E-state index contributed by atoms with van der Waals surface area (Å²) in [4.78, 5) is 11.8. The minimum absolute atomic E-state index is 0.0755. The Morgan fingerprint density at radius 2 is 1.86 bits per heavy atom. The number of alkyl carbamates (subject to hydrolysis) is 1. The zero-order valence-corrected chi connectivity index (χ0v) is 15.1. The smallest absolute Gasteiger partial charge is 0.407 e. The monoisotopic (exact) mass is 334 g/mol. The van der Waals surface area contributed by atoms with Crippen LogP contribution in [0.25, 0.3) is 0 Å². The largest absolute Gasteiger partial charge is 0.444 e. The highest BCUT2D eigenvalue weighted by Crippen LogP contribution is 2.20. The van der Waals surface area contributed by atoms with Crippen LogP contribution in [-0.4, -0.2) is 50.2 Å². The van der Waals surface area contributed by atoms with E-state index in [2.05, 4.69) is 10.6 Å². The first-order valence-electron chi connectivity index (χ1n) is 7.88. The van der Waals surface area contributed by atoms with Crippen LogP contribution < -0.4 is 10.6 Å². The fourth-order valence-electron chi connectivity index (χ4n) is 2.85. The van der Waals surface area contributed by atoms with Crippen LogP contribution in [0, 0.1) is 0 Å². The summed E-state index contributed by atoms with van der Waals surface area (Å²) in [5.41, 5.74) is -0.500. The lowest BCUT2D eigenvalue weighted by Gasteiger charge is -2.32. The van der Waals surface area contributed by atoms with Gasteiger partial charge in [-0.2, -0.15) is 0 Å². The Morgan fingerprint density at radius 3 is 2.41 bits per heavy atom. The van der Waals surface area contributed by atoms with Crippen molar-refractivity contribution in [2.45, 2.75) is 77.1 Å². The van der Waals surface area contributed by atoms with Crippen LogP contribution >= 0.6 is 0 Å². The quantitative estimate of drug-likeness (QED) is 0.801. The number of carbonyl (C=O) groups is 1. The lowest BCUT2D eigenvalue weighted by atomic mass is 9.90. The molecule has 1 fully saturated rings. The van der Waals surface area contributed by atoms with E-state index in [4.69, 9.17) is 4.74 Å². The first-order chi connectivity index (χ1) is 9.94. The summed E-state index contributed by atoms with van der Waals surface area (Å²) < 4.78 is 27.9. The number of carbonyl (C=O) groups excluding carboxylic acids is 1. The number of hydrogen-bond acceptors (Lipinski definition) is 5. The van der Waals surface area contributed by atoms with Gasteiger partial charge in [-0.3, -0.25) is 0 Å². The molecule has 0 saturated heterocycles. The molecule has 22 heavy (non-hydrogen) atoms. The third-order valence-electron chi connectivity index (χ3n) is 3.47. The Kier molecular flexibility index (Phi) is 6.67. The lowest BCUT2D eigenvalue weighted by Crippen LogP contribution is -2.48. The fourth-order valence-corrected chi connectivity index (χ4v) is 3.86. The van der Waals surface area contributed by atoms with Gasteiger partial charge in [-0.05, 0) is 53.4 Å². The molecular weight excluding hydrogens is 304 g/mol. The van der Waals surface area contributed by atoms with E-state index in [-0.39, 0.29) is 30.0 Å². The molecule has 1 amide bonds. The zero-order chi connectivity index (χ0) is 17.0. The maximum atomic E-state index is 11.8. The van der Waals surface area contributed by atoms with Crippen LogP contribution in [0.2, 0.25) is 0 Å². The Bertz CT molecular complexity index is 470. The first kappa shape index (κ1) is 19.2. The highest BCUT2D eigenvalue weighted by atomic mass is 32.2. The maximum absolute atomic E-state index is 11.8. The van der Waals surface area contributed by atoms with Crippen molar-refractivity contribution >= 4 is 15.9 Å². The highest BCUT2D eigenvalue weighted by Gasteiger charge is 2.26. The van der Waals surface area contributed by atoms with E-state index in [0.717, 1.165) is 25.7 Å². The molecule has 0 aromatic carbocycles. The molecule has 0 bridgehead atoms. The number of rotatable bonds is 5. The van der Waals surface area contributed by atoms with Gasteiger partial charge in [0.1, 0.15) is 15.4 Å². The lowest BCUT2D eigenvalue weighted by molar-refractivity contribution is 0.0488. The predicted molar refractivity (Wildman–Crippen MR) is 87.7 cm³/mol. The molecular formula is C15H30N2O4S. The van der Waals surface area contributed by atoms with Gasteiger partial charge < -0.3 is 15.4 Å². The Balaban J connectivity index is 2.43. The molecule has 1 saturated carbocycles. The summed E-state index contributed by atoms with van der Waals surface area (Å²) in [6.45, 7) is 7.39. The van der Waals surface area contributed by atoms with E-state index in [1.165, 1.54) is 6.26 Å². The molecule has 1 rings (SSSR count). The van der Waals surface area contributed by atoms with E-state index >= 15 is 0 Å². The van der Waals surface area contributed by atoms with Crippen molar-refractivity contribution in [3.05, 3.63) is 0 Å². The Hall–Kier alpha value is -0.820. The molecule has 0 aromatic rings. The molecule has 2 N–H and O–H groups in total. The van der Waals surface area contributed by atoms with Crippen molar-refractivity contribution in [1.82, 2.24) is 10.6 Å². The summed E-state index contributed by atoms with van der Waals surface area (Å²) in [6, 6.07) is 0.220. The summed E-state index contributed by atoms with van der Waals surface area (Å²) >= 11 is 0. The number of amides is 1. The second kappa shape index (κ2) is 7.64. The van der Waals surface area contributed by atoms with Gasteiger partial charge in [0.15, 0.2) is 0 Å². The van der Waals surface area contributed by atoms with E-state index in [1.54, 1.807) is 0 Å². The highest BCUT2D eigenvalue weighted by molar-refractivity contribution is 7.90. The second-order valence-electron chi connectivity index (χ2n) is 7.37. The van der Waals surface area contributed by atoms with Gasteiger partial charge in [0.2, 0.25) is 0 Å². The van der Waals surface area contributed by atoms with Crippen LogP contribution in [0.3, 0.4) is 0 Å². The van der Waals surface area contributed by atoms with E-state index in [9.17, 15) is 13.2 Å². The van der Waals surface area contributed by atoms with Crippen LogP contribution in [0.4, 0.5) is 4.79 Å². The van der Waals surface area contributed by atoms with Crippen LogP contribution in [0.15, 0.2) is 0 Å². The number of sulfone groups is 1. The van der Waals surface area contributed by atoms with Gasteiger partial charge in [-0.25, -0.2) is 13.2 Å². The zero-order valence-electron chi connectivity index (χ0n) is 14.3. The fraction of sp³-hybridized carbons (Fsp3) is 0.933. The maximum Gasteiger partial charge on any atom is 0.407 e. The molecule has 6 nitrogen and oxygen atoms in total. The van der Waals surface area contributed by atoms with Crippen molar-refractivity contribution in [2.24, 2.45) is 0 Å². The van der Waals surface area contributed by atoms with Gasteiger partial charge in [0, 0.05) is 24.4 Å². The molecule has 0 aromatic heterocycles. The minimum atomic E-state index is -2.98. The van der Waals surface area contributed by atoms with Crippen molar-refractivity contribution in [1.29, 1.82) is 0 Å². The normalized spacial score (nSPS) is 24.6. The third-order valence-corrected chi connectivity index (χ3v) is 4.57. The number of hydrogen-bond donors (Lipinski definition) is 2. The van der Waals surface area contributed by atoms with Gasteiger partial charge in [-0.1, -0.05) is 0 Å². The Morgan fingerprint density at radius 1 is 1.27 bits per heavy atom. The number of ether oxygens (including phenoxy) is 1. The second-order valence-corrected chi connectivity index (χ2v) is 9.55. The van der Waals surface area contributed by atoms with E-state index < -0.39 is 15.4 Å². The Labute approximate surface area is 134 Å². The molecule has 1 aliphatic rings. The molecule has 7 heteroatoms. The molecule has 0 aliphatic heterocycles. The molecule has 0 spiro atoms. The van der Waals surface area contributed by atoms with E-state index in [1.807, 2.05) is 27.7 Å². The topological polar surface area (TPSA) is 84.5 Å². The van der Waals surface area contributed by atoms with Crippen LogP contribution in [0.1, 0.15) is 53.4 Å². The molecule has 0 radical (unpaired) electrons. The molecule has 1 aliphatic carbocycles. The summed E-state index contributed by atoms with van der Waals surface area (Å²) in [5.74, 6) is 0.133. The van der Waals surface area contributed by atoms with Crippen LogP contribution in [-0.2, 0) is 14.6 Å². The molecule has 0 heterocycles. The van der Waals surface area contributed by atoms with Gasteiger partial charge in [0.25, 0.3) is 0 Å².